The molecule has 4 aromatic rings. The fourth-order valence-corrected chi connectivity index (χ4v) is 3.67. The lowest BCUT2D eigenvalue weighted by molar-refractivity contribution is 0.292. The summed E-state index contributed by atoms with van der Waals surface area (Å²) in [6.07, 6.45) is 0. The van der Waals surface area contributed by atoms with E-state index in [9.17, 15) is 4.39 Å². The van der Waals surface area contributed by atoms with Crippen molar-refractivity contribution in [3.05, 3.63) is 71.9 Å². The van der Waals surface area contributed by atoms with Crippen molar-refractivity contribution < 1.29 is 18.4 Å². The van der Waals surface area contributed by atoms with Crippen LogP contribution in [0.3, 0.4) is 0 Å². The van der Waals surface area contributed by atoms with E-state index in [1.54, 1.807) is 54.1 Å². The van der Waals surface area contributed by atoms with Gasteiger partial charge in [-0.05, 0) is 36.4 Å². The highest BCUT2D eigenvalue weighted by Gasteiger charge is 2.19. The first-order chi connectivity index (χ1) is 15.5. The van der Waals surface area contributed by atoms with Gasteiger partial charge in [0.15, 0.2) is 16.8 Å². The molecular weight excluding hydrogens is 433 g/mol. The molecule has 0 saturated carbocycles. The number of ether oxygens (including phenoxy) is 2. The zero-order chi connectivity index (χ0) is 22.5. The maximum atomic E-state index is 14.6. The lowest BCUT2D eigenvalue weighted by Crippen LogP contribution is -2.08. The van der Waals surface area contributed by atoms with Crippen molar-refractivity contribution in [1.82, 2.24) is 24.9 Å². The molecule has 166 valence electrons. The molecule has 0 unspecified atom stereocenters. The Balaban J connectivity index is 1.57. The maximum Gasteiger partial charge on any atom is 0.237 e. The Bertz CT molecular complexity index is 1180. The Labute approximate surface area is 188 Å². The van der Waals surface area contributed by atoms with E-state index in [2.05, 4.69) is 20.3 Å². The van der Waals surface area contributed by atoms with Gasteiger partial charge in [0.05, 0.1) is 18.6 Å². The molecule has 0 aliphatic heterocycles. The minimum Gasteiger partial charge on any atom is -0.497 e. The van der Waals surface area contributed by atoms with Crippen LogP contribution < -0.4 is 9.47 Å². The van der Waals surface area contributed by atoms with Crippen LogP contribution in [0, 0.1) is 5.82 Å². The SMILES string of the molecule is COc1ccc(OCc2nnc(SCc3nc(C(C)C)no3)n2-c2ccccc2F)cc1. The van der Waals surface area contributed by atoms with Crippen molar-refractivity contribution >= 4 is 11.8 Å². The summed E-state index contributed by atoms with van der Waals surface area (Å²) in [6.45, 7) is 4.09. The summed E-state index contributed by atoms with van der Waals surface area (Å²) in [7, 11) is 1.60. The van der Waals surface area contributed by atoms with Crippen LogP contribution in [0.15, 0.2) is 58.2 Å². The third-order valence-electron chi connectivity index (χ3n) is 4.55. The van der Waals surface area contributed by atoms with Gasteiger partial charge >= 0.3 is 0 Å². The van der Waals surface area contributed by atoms with Gasteiger partial charge in [0.2, 0.25) is 5.89 Å². The smallest absolute Gasteiger partial charge is 0.237 e. The Kier molecular flexibility index (Phi) is 6.69. The largest absolute Gasteiger partial charge is 0.497 e. The molecule has 0 saturated heterocycles. The van der Waals surface area contributed by atoms with E-state index in [-0.39, 0.29) is 18.3 Å². The minimum absolute atomic E-state index is 0.103. The molecule has 0 aliphatic carbocycles. The summed E-state index contributed by atoms with van der Waals surface area (Å²) in [5, 5.41) is 13.0. The summed E-state index contributed by atoms with van der Waals surface area (Å²) in [5.74, 6) is 3.10. The van der Waals surface area contributed by atoms with Crippen molar-refractivity contribution in [3.8, 4) is 17.2 Å². The fraction of sp³-hybridized carbons (Fsp3) is 0.273. The van der Waals surface area contributed by atoms with Gasteiger partial charge in [0.25, 0.3) is 0 Å². The van der Waals surface area contributed by atoms with Crippen molar-refractivity contribution in [1.29, 1.82) is 0 Å². The predicted octanol–water partition coefficient (Wildman–Crippen LogP) is 4.79. The molecular formula is C22H22FN5O3S. The lowest BCUT2D eigenvalue weighted by atomic mass is 10.2. The number of hydrogen-bond donors (Lipinski definition) is 0. The summed E-state index contributed by atoms with van der Waals surface area (Å²) < 4.78 is 32.6. The van der Waals surface area contributed by atoms with E-state index in [0.29, 0.717) is 39.9 Å². The Morgan fingerprint density at radius 1 is 1.06 bits per heavy atom. The predicted molar refractivity (Wildman–Crippen MR) is 117 cm³/mol. The molecule has 0 N–H and O–H groups in total. The maximum absolute atomic E-state index is 14.6. The van der Waals surface area contributed by atoms with Crippen LogP contribution in [-0.2, 0) is 12.4 Å². The first-order valence-electron chi connectivity index (χ1n) is 9.96. The second-order valence-electron chi connectivity index (χ2n) is 7.14. The molecule has 4 rings (SSSR count). The van der Waals surface area contributed by atoms with Crippen LogP contribution in [0.2, 0.25) is 0 Å². The lowest BCUT2D eigenvalue weighted by Gasteiger charge is -2.12. The number of thioether (sulfide) groups is 1. The highest BCUT2D eigenvalue weighted by Crippen LogP contribution is 2.27. The van der Waals surface area contributed by atoms with E-state index in [1.165, 1.54) is 17.8 Å². The van der Waals surface area contributed by atoms with E-state index in [1.807, 2.05) is 13.8 Å². The highest BCUT2D eigenvalue weighted by atomic mass is 32.2. The van der Waals surface area contributed by atoms with Crippen LogP contribution in [0.25, 0.3) is 5.69 Å². The van der Waals surface area contributed by atoms with Gasteiger partial charge in [-0.15, -0.1) is 10.2 Å². The topological polar surface area (TPSA) is 88.1 Å². The second kappa shape index (κ2) is 9.82. The summed E-state index contributed by atoms with van der Waals surface area (Å²) in [5.41, 5.74) is 0.335. The van der Waals surface area contributed by atoms with E-state index >= 15 is 0 Å². The quantitative estimate of drug-likeness (QED) is 0.333. The number of aromatic nitrogens is 5. The number of para-hydroxylation sites is 1. The average molecular weight is 456 g/mol. The van der Waals surface area contributed by atoms with Gasteiger partial charge in [0.1, 0.15) is 23.9 Å². The van der Waals surface area contributed by atoms with Crippen molar-refractivity contribution in [2.75, 3.05) is 7.11 Å². The third kappa shape index (κ3) is 4.91. The minimum atomic E-state index is -0.389. The fourth-order valence-electron chi connectivity index (χ4n) is 2.87. The number of benzene rings is 2. The van der Waals surface area contributed by atoms with Crippen molar-refractivity contribution in [3.63, 3.8) is 0 Å². The van der Waals surface area contributed by atoms with Gasteiger partial charge < -0.3 is 14.0 Å². The first-order valence-corrected chi connectivity index (χ1v) is 10.9. The van der Waals surface area contributed by atoms with E-state index in [4.69, 9.17) is 14.0 Å². The number of methoxy groups -OCH3 is 1. The van der Waals surface area contributed by atoms with E-state index in [0.717, 1.165) is 5.75 Å². The van der Waals surface area contributed by atoms with Crippen molar-refractivity contribution in [2.45, 2.75) is 37.3 Å². The van der Waals surface area contributed by atoms with Crippen LogP contribution in [0.5, 0.6) is 11.5 Å². The van der Waals surface area contributed by atoms with Gasteiger partial charge in [-0.25, -0.2) is 4.39 Å². The third-order valence-corrected chi connectivity index (χ3v) is 5.46. The molecule has 2 aromatic carbocycles. The molecule has 10 heteroatoms. The Morgan fingerprint density at radius 3 is 2.50 bits per heavy atom. The summed E-state index contributed by atoms with van der Waals surface area (Å²) in [6, 6.07) is 13.6. The summed E-state index contributed by atoms with van der Waals surface area (Å²) in [4.78, 5) is 4.38. The molecule has 0 spiro atoms. The average Bonchev–Trinajstić information content (AvgIpc) is 3.44. The normalized spacial score (nSPS) is 11.2. The number of hydrogen-bond acceptors (Lipinski definition) is 8. The van der Waals surface area contributed by atoms with Crippen molar-refractivity contribution in [2.24, 2.45) is 0 Å². The highest BCUT2D eigenvalue weighted by molar-refractivity contribution is 7.98. The van der Waals surface area contributed by atoms with Crippen LogP contribution in [0.4, 0.5) is 4.39 Å². The van der Waals surface area contributed by atoms with Gasteiger partial charge in [-0.2, -0.15) is 4.98 Å². The number of halogens is 1. The molecule has 2 aromatic heterocycles. The van der Waals surface area contributed by atoms with Crippen LogP contribution in [-0.4, -0.2) is 32.0 Å². The van der Waals surface area contributed by atoms with Gasteiger partial charge in [-0.1, -0.05) is 42.9 Å². The number of nitrogens with zero attached hydrogens (tertiary/aromatic N) is 5. The summed E-state index contributed by atoms with van der Waals surface area (Å²) >= 11 is 1.33. The van der Waals surface area contributed by atoms with Gasteiger partial charge in [0, 0.05) is 5.92 Å². The molecule has 2 heterocycles. The molecule has 0 atom stereocenters. The molecule has 0 radical (unpaired) electrons. The molecule has 32 heavy (non-hydrogen) atoms. The van der Waals surface area contributed by atoms with Crippen LogP contribution >= 0.6 is 11.8 Å². The Morgan fingerprint density at radius 2 is 1.81 bits per heavy atom. The number of rotatable bonds is 9. The molecule has 0 bridgehead atoms. The van der Waals surface area contributed by atoms with Crippen LogP contribution in [0.1, 0.15) is 37.3 Å². The van der Waals surface area contributed by atoms with Gasteiger partial charge in [-0.3, -0.25) is 4.57 Å². The molecule has 0 fully saturated rings. The zero-order valence-corrected chi connectivity index (χ0v) is 18.7. The molecule has 8 nitrogen and oxygen atoms in total. The molecule has 0 amide bonds. The monoisotopic (exact) mass is 455 g/mol. The Hall–Kier alpha value is -3.40. The second-order valence-corrected chi connectivity index (χ2v) is 8.08. The zero-order valence-electron chi connectivity index (χ0n) is 17.9. The first kappa shape index (κ1) is 21.8. The van der Waals surface area contributed by atoms with E-state index < -0.39 is 0 Å². The standard InChI is InChI=1S/C22H22FN5O3S/c1-14(2)21-24-20(31-27-21)13-32-22-26-25-19(28(22)18-7-5-4-6-17(18)23)12-30-16-10-8-15(29-3)9-11-16/h4-11,14H,12-13H2,1-3H3. The molecule has 0 aliphatic rings.